The van der Waals surface area contributed by atoms with E-state index >= 15 is 0 Å². The minimum Gasteiger partial charge on any atom is -0.507 e. The van der Waals surface area contributed by atoms with Crippen molar-refractivity contribution in [3.63, 3.8) is 0 Å². The summed E-state index contributed by atoms with van der Waals surface area (Å²) < 4.78 is 126. The maximum atomic E-state index is 13.5. The molecule has 0 aliphatic heterocycles. The highest BCUT2D eigenvalue weighted by Gasteiger charge is 2.23. The quantitative estimate of drug-likeness (QED) is 0.0763. The number of sulfonamides is 2. The van der Waals surface area contributed by atoms with Crippen LogP contribution in [0.2, 0.25) is 0 Å². The maximum absolute atomic E-state index is 13.5. The lowest BCUT2D eigenvalue weighted by Gasteiger charge is -2.15. The number of fused-ring (bicyclic) bond motifs is 2. The van der Waals surface area contributed by atoms with Gasteiger partial charge in [-0.1, -0.05) is 12.1 Å². The summed E-state index contributed by atoms with van der Waals surface area (Å²) in [7, 11) is -18.3. The first-order chi connectivity index (χ1) is 26.0. The average molecular weight is 843 g/mol. The van der Waals surface area contributed by atoms with Crippen molar-refractivity contribution < 1.29 is 57.8 Å². The van der Waals surface area contributed by atoms with Crippen molar-refractivity contribution >= 4 is 90.6 Å². The van der Waals surface area contributed by atoms with Crippen LogP contribution >= 0.6 is 0 Å². The van der Waals surface area contributed by atoms with E-state index < -0.39 is 56.1 Å². The largest absolute Gasteiger partial charge is 0.507 e. The van der Waals surface area contributed by atoms with Gasteiger partial charge in [-0.3, -0.25) is 18.5 Å². The number of aryl methyl sites for hydroxylation is 2. The smallest absolute Gasteiger partial charge is 0.323 e. The Kier molecular flexibility index (Phi) is 10.1. The zero-order valence-electron chi connectivity index (χ0n) is 28.8. The van der Waals surface area contributed by atoms with E-state index in [1.54, 1.807) is 0 Å². The van der Waals surface area contributed by atoms with Gasteiger partial charge in [-0.05, 0) is 110 Å². The summed E-state index contributed by atoms with van der Waals surface area (Å²) in [4.78, 5) is 11.4. The average Bonchev–Trinajstić information content (AvgIpc) is 3.08. The van der Waals surface area contributed by atoms with Crippen LogP contribution in [0.1, 0.15) is 11.1 Å². The number of phenols is 2. The van der Waals surface area contributed by atoms with Crippen molar-refractivity contribution in [1.82, 2.24) is 0 Å². The number of anilines is 4. The fourth-order valence-corrected chi connectivity index (χ4v) is 9.85. The molecular formula is C35H30N4O13S4. The zero-order valence-corrected chi connectivity index (χ0v) is 32.1. The third-order valence-electron chi connectivity index (χ3n) is 8.44. The molecule has 8 N–H and O–H groups in total. The van der Waals surface area contributed by atoms with Crippen LogP contribution < -0.4 is 20.1 Å². The molecule has 0 saturated carbocycles. The SMILES string of the molecule is Cc1ccc(NC(=O)Nc2ccc(C)c(S(=O)(=O)Nc3ccc4c(O)ccc(S(=O)(=O)O)c4c3)c2)cc1S(=O)(=O)Nc1ccc2c(O)ccc(S(=O)(=O)O)c2c1. The number of rotatable bonds is 10. The summed E-state index contributed by atoms with van der Waals surface area (Å²) in [6, 6.07) is 18.5. The lowest BCUT2D eigenvalue weighted by Crippen LogP contribution is -2.21. The number of nitrogens with one attached hydrogen (secondary N) is 4. The Balaban J connectivity index is 1.21. The first kappa shape index (κ1) is 39.7. The van der Waals surface area contributed by atoms with Crippen molar-refractivity contribution in [2.24, 2.45) is 0 Å². The predicted molar refractivity (Wildman–Crippen MR) is 207 cm³/mol. The fraction of sp³-hybridized carbons (Fsp3) is 0.0571. The summed E-state index contributed by atoms with van der Waals surface area (Å²) in [5.74, 6) is -0.616. The van der Waals surface area contributed by atoms with Crippen LogP contribution in [0.5, 0.6) is 11.5 Å². The number of hydrogen-bond acceptors (Lipinski definition) is 11. The predicted octanol–water partition coefficient (Wildman–Crippen LogP) is 5.76. The van der Waals surface area contributed by atoms with Gasteiger partial charge in [-0.2, -0.15) is 16.8 Å². The Morgan fingerprint density at radius 1 is 0.446 bits per heavy atom. The van der Waals surface area contributed by atoms with Gasteiger partial charge in [0.05, 0.1) is 9.79 Å². The van der Waals surface area contributed by atoms with E-state index in [0.717, 1.165) is 48.5 Å². The Morgan fingerprint density at radius 2 is 0.804 bits per heavy atom. The van der Waals surface area contributed by atoms with E-state index in [1.165, 1.54) is 62.4 Å². The maximum Gasteiger partial charge on any atom is 0.323 e. The van der Waals surface area contributed by atoms with Crippen molar-refractivity contribution in [2.75, 3.05) is 20.1 Å². The van der Waals surface area contributed by atoms with E-state index in [4.69, 9.17) is 0 Å². The Morgan fingerprint density at radius 3 is 1.16 bits per heavy atom. The van der Waals surface area contributed by atoms with Gasteiger partial charge < -0.3 is 20.8 Å². The summed E-state index contributed by atoms with van der Waals surface area (Å²) in [5, 5.41) is 25.1. The number of aromatic hydroxyl groups is 2. The molecule has 0 aliphatic rings. The Hall–Kier alpha value is -5.97. The molecule has 0 aliphatic carbocycles. The molecule has 0 fully saturated rings. The number of hydrogen-bond donors (Lipinski definition) is 8. The number of benzene rings is 6. The molecule has 6 aromatic rings. The summed E-state index contributed by atoms with van der Waals surface area (Å²) >= 11 is 0. The molecule has 0 spiro atoms. The number of amides is 2. The monoisotopic (exact) mass is 842 g/mol. The second-order valence-electron chi connectivity index (χ2n) is 12.4. The first-order valence-electron chi connectivity index (χ1n) is 15.8. The molecule has 6 aromatic carbocycles. The third kappa shape index (κ3) is 8.17. The molecule has 0 heterocycles. The molecule has 2 amide bonds. The van der Waals surface area contributed by atoms with Gasteiger partial charge in [0.2, 0.25) is 0 Å². The van der Waals surface area contributed by atoms with Crippen LogP contribution in [0, 0.1) is 13.8 Å². The summed E-state index contributed by atoms with van der Waals surface area (Å²) in [6.45, 7) is 2.98. The molecule has 56 heavy (non-hydrogen) atoms. The van der Waals surface area contributed by atoms with Crippen LogP contribution in [-0.2, 0) is 40.3 Å². The Labute approximate surface area is 320 Å². The van der Waals surface area contributed by atoms with Gasteiger partial charge in [-0.15, -0.1) is 0 Å². The van der Waals surface area contributed by atoms with Gasteiger partial charge in [0.1, 0.15) is 21.3 Å². The molecule has 292 valence electrons. The van der Waals surface area contributed by atoms with Crippen molar-refractivity contribution in [3.8, 4) is 11.5 Å². The van der Waals surface area contributed by atoms with Crippen molar-refractivity contribution in [1.29, 1.82) is 0 Å². The molecule has 0 radical (unpaired) electrons. The second kappa shape index (κ2) is 14.3. The highest BCUT2D eigenvalue weighted by Crippen LogP contribution is 2.35. The minimum absolute atomic E-state index is 0.0128. The zero-order chi connectivity index (χ0) is 41.0. The number of carbonyl (C=O) groups is 1. The molecule has 0 saturated heterocycles. The highest BCUT2D eigenvalue weighted by atomic mass is 32.2. The van der Waals surface area contributed by atoms with Crippen LogP contribution in [-0.4, -0.2) is 59.0 Å². The molecule has 17 nitrogen and oxygen atoms in total. The van der Waals surface area contributed by atoms with Crippen LogP contribution in [0.3, 0.4) is 0 Å². The lowest BCUT2D eigenvalue weighted by atomic mass is 10.1. The standard InChI is InChI=1S/C35H30N4O13S4/c1-19-3-5-21(17-33(19)53(43,44)38-23-7-9-25-27(15-23)31(55(47,48)49)13-11-29(25)40)36-35(42)37-22-6-4-20(2)34(18-22)54(45,46)39-24-8-10-26-28(16-24)32(56(50,51)52)14-12-30(26)41/h3-18,38-41H,1-2H3,(H2,36,37,42)(H,47,48,49)(H,50,51,52). The molecule has 21 heteroatoms. The number of urea groups is 1. The number of carbonyl (C=O) groups excluding carboxylic acids is 1. The van der Waals surface area contributed by atoms with E-state index in [1.807, 2.05) is 0 Å². The molecule has 0 atom stereocenters. The van der Waals surface area contributed by atoms with Crippen molar-refractivity contribution in [2.45, 2.75) is 33.4 Å². The first-order valence-corrected chi connectivity index (χ1v) is 21.7. The van der Waals surface area contributed by atoms with E-state index in [9.17, 15) is 57.8 Å². The molecule has 0 aromatic heterocycles. The summed E-state index contributed by atoms with van der Waals surface area (Å²) in [5.41, 5.74) is 0.340. The third-order valence-corrected chi connectivity index (χ3v) is 13.3. The molecular weight excluding hydrogens is 813 g/mol. The van der Waals surface area contributed by atoms with Gasteiger partial charge in [0.25, 0.3) is 40.3 Å². The van der Waals surface area contributed by atoms with Crippen LogP contribution in [0.4, 0.5) is 27.5 Å². The van der Waals surface area contributed by atoms with E-state index in [-0.39, 0.29) is 76.7 Å². The van der Waals surface area contributed by atoms with Gasteiger partial charge in [-0.25, -0.2) is 21.6 Å². The normalized spacial score (nSPS) is 12.4. The second-order valence-corrected chi connectivity index (χ2v) is 18.5. The number of phenolic OH excluding ortho intramolecular Hbond substituents is 2. The molecule has 0 bridgehead atoms. The molecule has 6 rings (SSSR count). The lowest BCUT2D eigenvalue weighted by molar-refractivity contribution is 0.262. The van der Waals surface area contributed by atoms with Gasteiger partial charge in [0.15, 0.2) is 0 Å². The Bertz CT molecular complexity index is 2880. The topological polar surface area (TPSA) is 283 Å². The fourth-order valence-electron chi connectivity index (χ4n) is 5.84. The minimum atomic E-state index is -4.74. The van der Waals surface area contributed by atoms with E-state index in [2.05, 4.69) is 20.1 Å². The van der Waals surface area contributed by atoms with Gasteiger partial charge in [0, 0.05) is 44.3 Å². The summed E-state index contributed by atoms with van der Waals surface area (Å²) in [6.07, 6.45) is 0. The van der Waals surface area contributed by atoms with Gasteiger partial charge >= 0.3 is 6.03 Å². The van der Waals surface area contributed by atoms with Crippen molar-refractivity contribution in [3.05, 3.63) is 108 Å². The van der Waals surface area contributed by atoms with Crippen LogP contribution in [0.25, 0.3) is 21.5 Å². The molecule has 0 unspecified atom stereocenters. The highest BCUT2D eigenvalue weighted by molar-refractivity contribution is 7.93. The van der Waals surface area contributed by atoms with E-state index in [0.29, 0.717) is 0 Å². The van der Waals surface area contributed by atoms with Crippen LogP contribution in [0.15, 0.2) is 117 Å².